The third-order valence-corrected chi connectivity index (χ3v) is 0. The van der Waals surface area contributed by atoms with Crippen molar-refractivity contribution in [1.29, 1.82) is 0 Å². The monoisotopic (exact) mass is 1410 g/mol. The van der Waals surface area contributed by atoms with Crippen LogP contribution in [0.5, 0.6) is 0 Å². The quantitative estimate of drug-likeness (QED) is 0.203. The maximum atomic E-state index is 8.42. The molecule has 240 valence electrons. The Bertz CT molecular complexity index is 211. The van der Waals surface area contributed by atoms with Crippen LogP contribution in [-0.2, 0) is 134 Å². The maximum Gasteiger partial charge on any atom is 5.00 e. The molecule has 0 saturated carbocycles. The van der Waals surface area contributed by atoms with Crippen molar-refractivity contribution in [3.63, 3.8) is 0 Å². The van der Waals surface area contributed by atoms with E-state index < -0.39 is 73.2 Å². The molecule has 0 N–H and O–H groups in total. The molecule has 0 aromatic heterocycles. The van der Waals surface area contributed by atoms with Crippen LogP contribution in [0.25, 0.3) is 0 Å². The Labute approximate surface area is 354 Å². The fourth-order valence-corrected chi connectivity index (χ4v) is 0. The summed E-state index contributed by atoms with van der Waals surface area (Å²) in [5.74, 6) is 0. The summed E-state index contributed by atoms with van der Waals surface area (Å²) < 4.78 is 0. The smallest absolute Gasteiger partial charge is 0.907 e. The predicted octanol–water partition coefficient (Wildman–Crippen LogP) is -39.5. The summed E-state index contributed by atoms with van der Waals surface area (Å²) in [7, 11) is -29.2. The predicted molar refractivity (Wildman–Crippen MR) is 57.5 cm³/mol. The van der Waals surface area contributed by atoms with E-state index in [0.29, 0.717) is 0 Å². The summed E-state index contributed by atoms with van der Waals surface area (Å²) in [6, 6.07) is 0. The summed E-state index contributed by atoms with van der Waals surface area (Å²) in [5.41, 5.74) is 0. The molecule has 46 heteroatoms. The van der Waals surface area contributed by atoms with Gasteiger partial charge in [-0.25, -0.2) is 0 Å². The second-order valence-electron chi connectivity index (χ2n) is 2.89. The molecule has 0 aromatic carbocycles. The number of rotatable bonds is 0. The van der Waals surface area contributed by atoms with Gasteiger partial charge in [-0.05, 0) is 0 Å². The van der Waals surface area contributed by atoms with E-state index in [1.807, 2.05) is 0 Å². The van der Waals surface area contributed by atoms with E-state index >= 15 is 0 Å². The molecule has 0 aliphatic carbocycles. The molecule has 46 heavy (non-hydrogen) atoms. The minimum atomic E-state index is -2.92. The number of hydrogen-bond donors (Lipinski definition) is 0. The minimum Gasteiger partial charge on any atom is -0.907 e. The molecule has 0 fully saturated rings. The molecule has 0 aromatic rings. The van der Waals surface area contributed by atoms with Crippen LogP contribution in [0.4, 0.5) is 0 Å². The zero-order valence-electron chi connectivity index (χ0n) is 20.7. The van der Waals surface area contributed by atoms with Gasteiger partial charge in [0.1, 0.15) is 0 Å². The largest absolute Gasteiger partial charge is 5.00 e. The van der Waals surface area contributed by atoms with Crippen LogP contribution in [0.2, 0.25) is 0 Å². The van der Waals surface area contributed by atoms with Crippen molar-refractivity contribution in [2.75, 3.05) is 0 Å². The molecule has 0 saturated heterocycles. The first-order valence-electron chi connectivity index (χ1n) is 7.07. The van der Waals surface area contributed by atoms with Crippen LogP contribution < -0.4 is 151 Å². The molecule has 0 aliphatic heterocycles. The Morgan fingerprint density at radius 3 is 0.130 bits per heavy atom. The van der Waals surface area contributed by atoms with Crippen molar-refractivity contribution >= 4 is 73.2 Å². The molecule has 0 unspecified atom stereocenters. The van der Waals surface area contributed by atoms with Crippen LogP contribution in [0.1, 0.15) is 0 Å². The standard InChI is InChI=1S/10BO3.3Nb.3Ta/c10*2-1(3)4;;;;;;/q10*-3;6*+5. The molecular weight excluding hydrogens is 1410 g/mol. The second kappa shape index (κ2) is 97.6. The zero-order valence-corrected chi connectivity index (χ0v) is 36.9. The van der Waals surface area contributed by atoms with Gasteiger partial charge >= 0.3 is 134 Å². The van der Waals surface area contributed by atoms with Crippen molar-refractivity contribution in [2.24, 2.45) is 0 Å². The first kappa shape index (κ1) is 104. The summed E-state index contributed by atoms with van der Waals surface area (Å²) in [6.45, 7) is 0. The van der Waals surface area contributed by atoms with Crippen LogP contribution in [0, 0.1) is 0 Å². The molecule has 0 radical (unpaired) electrons. The van der Waals surface area contributed by atoms with Crippen molar-refractivity contribution in [3.05, 3.63) is 0 Å². The van der Waals surface area contributed by atoms with Gasteiger partial charge in [0, 0.05) is 0 Å². The summed E-state index contributed by atoms with van der Waals surface area (Å²) in [5, 5.41) is 252. The first-order valence-corrected chi connectivity index (χ1v) is 7.07. The van der Waals surface area contributed by atoms with E-state index in [0.717, 1.165) is 0 Å². The molecule has 0 heterocycles. The van der Waals surface area contributed by atoms with Gasteiger partial charge in [0.05, 0.1) is 0 Å². The first-order chi connectivity index (χ1) is 17.3. The van der Waals surface area contributed by atoms with Crippen molar-refractivity contribution in [1.82, 2.24) is 0 Å². The Morgan fingerprint density at radius 2 is 0.130 bits per heavy atom. The van der Waals surface area contributed by atoms with Crippen LogP contribution in [0.3, 0.4) is 0 Å². The van der Waals surface area contributed by atoms with E-state index in [9.17, 15) is 0 Å². The summed E-state index contributed by atoms with van der Waals surface area (Å²) in [6.07, 6.45) is 0. The Balaban J connectivity index is -0.0000000153. The zero-order chi connectivity index (χ0) is 35.8. The van der Waals surface area contributed by atoms with E-state index in [1.165, 1.54) is 0 Å². The fraction of sp³-hybridized carbons (Fsp3) is 0. The van der Waals surface area contributed by atoms with Gasteiger partial charge in [0.25, 0.3) is 0 Å². The molecule has 0 spiro atoms. The third kappa shape index (κ3) is 6960. The molecule has 30 nitrogen and oxygen atoms in total. The van der Waals surface area contributed by atoms with Crippen LogP contribution in [0.15, 0.2) is 0 Å². The van der Waals surface area contributed by atoms with Gasteiger partial charge < -0.3 is 151 Å². The fourth-order valence-electron chi connectivity index (χ4n) is 0. The topological polar surface area (TPSA) is 692 Å². The second-order valence-corrected chi connectivity index (χ2v) is 2.89. The molecule has 0 aliphatic rings. The van der Waals surface area contributed by atoms with E-state index in [2.05, 4.69) is 0 Å². The normalized spacial score (nSPS) is 5.87. The van der Waals surface area contributed by atoms with Crippen molar-refractivity contribution in [3.8, 4) is 0 Å². The molecule has 0 amide bonds. The Hall–Kier alpha value is 3.89. The van der Waals surface area contributed by atoms with E-state index in [4.69, 9.17) is 151 Å². The van der Waals surface area contributed by atoms with Crippen LogP contribution in [-0.4, -0.2) is 73.2 Å². The summed E-state index contributed by atoms with van der Waals surface area (Å²) >= 11 is 0. The van der Waals surface area contributed by atoms with Gasteiger partial charge in [-0.3, -0.25) is 73.2 Å². The Morgan fingerprint density at radius 1 is 0.130 bits per heavy atom. The third-order valence-electron chi connectivity index (χ3n) is 0. The van der Waals surface area contributed by atoms with Crippen LogP contribution >= 0.6 is 0 Å². The molecule has 0 atom stereocenters. The SMILES string of the molecule is [Nb+5].[Nb+5].[Nb+5].[O-]B([O-])[O-].[O-]B([O-])[O-].[O-]B([O-])[O-].[O-]B([O-])[O-].[O-]B([O-])[O-].[O-]B([O-])[O-].[O-]B([O-])[O-].[O-]B([O-])[O-].[O-]B([O-])[O-].[O-]B([O-])[O-].[Ta+5].[Ta+5].[Ta+5]. The molecule has 0 rings (SSSR count). The van der Waals surface area contributed by atoms with E-state index in [-0.39, 0.29) is 134 Å². The number of hydrogen-bond acceptors (Lipinski definition) is 30. The molecule has 0 bridgehead atoms. The maximum absolute atomic E-state index is 8.42. The molecular formula is B10Nb3O30Ta3. The van der Waals surface area contributed by atoms with Gasteiger partial charge in [0.15, 0.2) is 0 Å². The van der Waals surface area contributed by atoms with Gasteiger partial charge in [0.2, 0.25) is 0 Å². The van der Waals surface area contributed by atoms with Crippen molar-refractivity contribution in [2.45, 2.75) is 0 Å². The average molecular weight is 1410 g/mol. The van der Waals surface area contributed by atoms with Gasteiger partial charge in [-0.15, -0.1) is 0 Å². The van der Waals surface area contributed by atoms with Gasteiger partial charge in [-0.2, -0.15) is 0 Å². The average Bonchev–Trinajstić information content (AvgIpc) is 2.47. The summed E-state index contributed by atoms with van der Waals surface area (Å²) in [4.78, 5) is 0. The van der Waals surface area contributed by atoms with Gasteiger partial charge in [-0.1, -0.05) is 0 Å². The van der Waals surface area contributed by atoms with Crippen molar-refractivity contribution < 1.29 is 285 Å². The van der Waals surface area contributed by atoms with E-state index in [1.54, 1.807) is 0 Å². The minimum absolute atomic E-state index is 0. The Kier molecular flexibility index (Phi) is 220.